The Bertz CT molecular complexity index is 1270. The van der Waals surface area contributed by atoms with E-state index in [0.717, 1.165) is 43.0 Å². The van der Waals surface area contributed by atoms with Crippen LogP contribution in [-0.4, -0.2) is 39.8 Å². The normalized spacial score (nSPS) is 29.1. The maximum atomic E-state index is 11.8. The molecular weight excluding hydrogens is 659 g/mol. The number of rotatable bonds is 12. The third-order valence-electron chi connectivity index (χ3n) is 13.5. The van der Waals surface area contributed by atoms with Gasteiger partial charge in [-0.25, -0.2) is 4.98 Å². The van der Waals surface area contributed by atoms with Crippen molar-refractivity contribution in [2.75, 3.05) is 0 Å². The fourth-order valence-corrected chi connectivity index (χ4v) is 12.2. The van der Waals surface area contributed by atoms with Crippen molar-refractivity contribution in [3.05, 3.63) is 39.9 Å². The van der Waals surface area contributed by atoms with E-state index in [1.54, 1.807) is 23.1 Å². The standard InChI is InChI=1S/C41H71NO4SSi2/c1-29(16-14-18-37(44-30(2)43)38-42-24-25-47-38)35-21-22-36-32(17-15-23-41(35,36)9)20-19-31-26-33(45-48(10,11)39(3,4)5)28-34(27-31)46-49(12,13)40(6,7)8/h19-20,24-25,29,33-37H,14-18,21-23,26-28H2,1-13H3/b32-20+/t29-,33+,34+,35+,36-,37?,41+/m0/s1. The lowest BCUT2D eigenvalue weighted by molar-refractivity contribution is -0.147. The number of esters is 1. The van der Waals surface area contributed by atoms with E-state index in [-0.39, 0.29) is 34.4 Å². The molecule has 1 aromatic heterocycles. The predicted octanol–water partition coefficient (Wildman–Crippen LogP) is 12.6. The number of carbonyl (C=O) groups excluding carboxylic acids is 1. The predicted molar refractivity (Wildman–Crippen MR) is 212 cm³/mol. The highest BCUT2D eigenvalue weighted by Crippen LogP contribution is 2.60. The summed E-state index contributed by atoms with van der Waals surface area (Å²) in [6, 6.07) is 0. The molecule has 1 aromatic rings. The van der Waals surface area contributed by atoms with Crippen molar-refractivity contribution in [1.29, 1.82) is 0 Å². The minimum atomic E-state index is -1.90. The van der Waals surface area contributed by atoms with E-state index in [9.17, 15) is 4.79 Å². The van der Waals surface area contributed by atoms with Gasteiger partial charge in [-0.05, 0) is 124 Å². The van der Waals surface area contributed by atoms with Gasteiger partial charge in [-0.3, -0.25) is 4.79 Å². The third-order valence-corrected chi connectivity index (χ3v) is 23.4. The van der Waals surface area contributed by atoms with Crippen LogP contribution in [0.15, 0.2) is 34.9 Å². The number of fused-ring (bicyclic) bond motifs is 1. The molecule has 0 radical (unpaired) electrons. The largest absolute Gasteiger partial charge is 0.455 e. The first-order valence-corrected chi connectivity index (χ1v) is 26.1. The molecule has 3 saturated carbocycles. The molecule has 0 aromatic carbocycles. The van der Waals surface area contributed by atoms with E-state index in [1.807, 2.05) is 5.38 Å². The van der Waals surface area contributed by atoms with Crippen LogP contribution in [0.4, 0.5) is 0 Å². The molecule has 1 heterocycles. The van der Waals surface area contributed by atoms with Crippen molar-refractivity contribution in [3.63, 3.8) is 0 Å². The van der Waals surface area contributed by atoms with Crippen LogP contribution in [0.2, 0.25) is 36.3 Å². The number of thiazole rings is 1. The third kappa shape index (κ3) is 10.1. The summed E-state index contributed by atoms with van der Waals surface area (Å²) in [5.41, 5.74) is 3.56. The van der Waals surface area contributed by atoms with Gasteiger partial charge >= 0.3 is 5.97 Å². The summed E-state index contributed by atoms with van der Waals surface area (Å²) in [6.45, 7) is 30.3. The van der Waals surface area contributed by atoms with Gasteiger partial charge in [-0.1, -0.05) is 85.1 Å². The van der Waals surface area contributed by atoms with Gasteiger partial charge in [0.25, 0.3) is 0 Å². The molecule has 0 aliphatic heterocycles. The summed E-state index contributed by atoms with van der Waals surface area (Å²) in [7, 11) is -3.79. The van der Waals surface area contributed by atoms with E-state index in [4.69, 9.17) is 13.6 Å². The number of hydrogen-bond donors (Lipinski definition) is 0. The second-order valence-corrected chi connectivity index (χ2v) is 29.6. The molecular formula is C41H71NO4SSi2. The number of ether oxygens (including phenoxy) is 1. The van der Waals surface area contributed by atoms with Crippen molar-refractivity contribution < 1.29 is 18.4 Å². The monoisotopic (exact) mass is 729 g/mol. The molecule has 3 aliphatic carbocycles. The van der Waals surface area contributed by atoms with Crippen molar-refractivity contribution >= 4 is 33.9 Å². The molecule has 49 heavy (non-hydrogen) atoms. The minimum absolute atomic E-state index is 0.195. The molecule has 3 aliphatic rings. The van der Waals surface area contributed by atoms with Gasteiger partial charge in [-0.15, -0.1) is 11.3 Å². The van der Waals surface area contributed by atoms with Crippen LogP contribution in [0, 0.1) is 23.2 Å². The number of allylic oxidation sites excluding steroid dienone is 3. The number of hydrogen-bond acceptors (Lipinski definition) is 6. The van der Waals surface area contributed by atoms with Crippen molar-refractivity contribution in [1.82, 2.24) is 4.98 Å². The van der Waals surface area contributed by atoms with E-state index in [1.165, 1.54) is 51.0 Å². The lowest BCUT2D eigenvalue weighted by atomic mass is 9.60. The summed E-state index contributed by atoms with van der Waals surface area (Å²) in [5.74, 6) is 1.85. The molecule has 3 fully saturated rings. The van der Waals surface area contributed by atoms with Crippen LogP contribution in [0.1, 0.15) is 144 Å². The minimum Gasteiger partial charge on any atom is -0.455 e. The lowest BCUT2D eigenvalue weighted by Crippen LogP contribution is -2.48. The average Bonchev–Trinajstić information content (AvgIpc) is 3.62. The Morgan fingerprint density at radius 3 is 2.14 bits per heavy atom. The zero-order valence-corrected chi connectivity index (χ0v) is 36.4. The molecule has 278 valence electrons. The van der Waals surface area contributed by atoms with E-state index < -0.39 is 16.6 Å². The van der Waals surface area contributed by atoms with Crippen molar-refractivity contribution in [2.24, 2.45) is 23.2 Å². The fraction of sp³-hybridized carbons (Fsp3) is 0.805. The molecule has 0 spiro atoms. The lowest BCUT2D eigenvalue weighted by Gasteiger charge is -2.45. The quantitative estimate of drug-likeness (QED) is 0.158. The molecule has 8 heteroatoms. The fourth-order valence-electron chi connectivity index (χ4n) is 8.72. The van der Waals surface area contributed by atoms with Gasteiger partial charge in [0.15, 0.2) is 22.7 Å². The molecule has 7 atom stereocenters. The highest BCUT2D eigenvalue weighted by Gasteiger charge is 2.50. The van der Waals surface area contributed by atoms with Crippen molar-refractivity contribution in [2.45, 2.75) is 188 Å². The summed E-state index contributed by atoms with van der Waals surface area (Å²) < 4.78 is 19.9. The first-order chi connectivity index (χ1) is 22.6. The zero-order valence-electron chi connectivity index (χ0n) is 33.5. The summed E-state index contributed by atoms with van der Waals surface area (Å²) in [6.07, 6.45) is 19.8. The van der Waals surface area contributed by atoms with Crippen LogP contribution >= 0.6 is 11.3 Å². The second-order valence-electron chi connectivity index (χ2n) is 19.2. The summed E-state index contributed by atoms with van der Waals surface area (Å²) in [4.78, 5) is 16.2. The number of aromatic nitrogens is 1. The summed E-state index contributed by atoms with van der Waals surface area (Å²) in [5, 5.41) is 3.27. The summed E-state index contributed by atoms with van der Waals surface area (Å²) >= 11 is 1.58. The molecule has 1 unspecified atom stereocenters. The van der Waals surface area contributed by atoms with Crippen LogP contribution in [0.25, 0.3) is 0 Å². The zero-order chi connectivity index (χ0) is 36.4. The van der Waals surface area contributed by atoms with Crippen molar-refractivity contribution in [3.8, 4) is 0 Å². The Labute approximate surface area is 306 Å². The highest BCUT2D eigenvalue weighted by atomic mass is 32.1. The second kappa shape index (κ2) is 15.9. The Balaban J connectivity index is 1.47. The van der Waals surface area contributed by atoms with Gasteiger partial charge in [0.05, 0.1) is 12.2 Å². The average molecular weight is 730 g/mol. The van der Waals surface area contributed by atoms with E-state index >= 15 is 0 Å². The van der Waals surface area contributed by atoms with Gasteiger partial charge in [0.1, 0.15) is 5.01 Å². The van der Waals surface area contributed by atoms with Crippen LogP contribution < -0.4 is 0 Å². The first-order valence-electron chi connectivity index (χ1n) is 19.4. The van der Waals surface area contributed by atoms with E-state index in [0.29, 0.717) is 17.3 Å². The highest BCUT2D eigenvalue weighted by molar-refractivity contribution is 7.09. The Morgan fingerprint density at radius 1 is 1.00 bits per heavy atom. The molecule has 5 nitrogen and oxygen atoms in total. The number of nitrogens with zero attached hydrogens (tertiary/aromatic N) is 1. The van der Waals surface area contributed by atoms with Crippen LogP contribution in [-0.2, 0) is 18.4 Å². The maximum absolute atomic E-state index is 11.8. The molecule has 0 N–H and O–H groups in total. The Kier molecular flexibility index (Phi) is 13.2. The molecule has 4 rings (SSSR count). The van der Waals surface area contributed by atoms with Gasteiger partial charge < -0.3 is 13.6 Å². The molecule has 0 saturated heterocycles. The smallest absolute Gasteiger partial charge is 0.303 e. The van der Waals surface area contributed by atoms with Gasteiger partial charge in [0, 0.05) is 18.5 Å². The Morgan fingerprint density at radius 2 is 1.61 bits per heavy atom. The molecule has 0 amide bonds. The van der Waals surface area contributed by atoms with Crippen LogP contribution in [0.3, 0.4) is 0 Å². The van der Waals surface area contributed by atoms with Gasteiger partial charge in [-0.2, -0.15) is 0 Å². The Hall–Kier alpha value is -1.07. The topological polar surface area (TPSA) is 57.7 Å². The first kappa shape index (κ1) is 40.7. The maximum Gasteiger partial charge on any atom is 0.303 e. The molecule has 0 bridgehead atoms. The number of carbonyl (C=O) groups is 1. The SMILES string of the molecule is CC(=O)OC(CCC[C@H](C)[C@H]1CC[C@H]2/C(=C/C=C3C[C@@H](O[Si](C)(C)C(C)(C)C)C[C@H](O[Si](C)(C)C(C)(C)C)C3)CCC[C@]12C)c1nccs1. The van der Waals surface area contributed by atoms with Gasteiger partial charge in [0.2, 0.25) is 0 Å². The van der Waals surface area contributed by atoms with Crippen LogP contribution in [0.5, 0.6) is 0 Å². The van der Waals surface area contributed by atoms with E-state index in [2.05, 4.69) is 98.7 Å².